The summed E-state index contributed by atoms with van der Waals surface area (Å²) in [5.41, 5.74) is 2.97. The highest BCUT2D eigenvalue weighted by molar-refractivity contribution is 5.91. The quantitative estimate of drug-likeness (QED) is 0.798. The fourth-order valence-electron chi connectivity index (χ4n) is 3.23. The summed E-state index contributed by atoms with van der Waals surface area (Å²) in [5.74, 6) is 0.410. The number of para-hydroxylation sites is 1. The van der Waals surface area contributed by atoms with Crippen LogP contribution in [0.2, 0.25) is 0 Å². The molecule has 7 heteroatoms. The number of oxazole rings is 1. The van der Waals surface area contributed by atoms with Crippen molar-refractivity contribution in [2.75, 3.05) is 58.3 Å². The molecular formula is C20H29N5O2. The summed E-state index contributed by atoms with van der Waals surface area (Å²) in [5, 5.41) is 2.85. The number of nitrogens with one attached hydrogen (secondary N) is 1. The van der Waals surface area contributed by atoms with Crippen LogP contribution in [-0.4, -0.2) is 74.1 Å². The van der Waals surface area contributed by atoms with E-state index in [0.29, 0.717) is 24.7 Å². The average molecular weight is 371 g/mol. The molecule has 0 atom stereocenters. The van der Waals surface area contributed by atoms with Crippen molar-refractivity contribution in [3.8, 4) is 0 Å². The zero-order valence-corrected chi connectivity index (χ0v) is 16.4. The van der Waals surface area contributed by atoms with Crippen molar-refractivity contribution >= 4 is 11.6 Å². The van der Waals surface area contributed by atoms with Gasteiger partial charge in [-0.1, -0.05) is 18.2 Å². The lowest BCUT2D eigenvalue weighted by atomic mass is 10.1. The molecule has 2 aromatic rings. The number of likely N-dealkylation sites (N-methyl/N-ethyl adjacent to an activating group) is 1. The molecule has 0 radical (unpaired) electrons. The molecule has 3 rings (SSSR count). The Morgan fingerprint density at radius 3 is 2.67 bits per heavy atom. The van der Waals surface area contributed by atoms with Gasteiger partial charge < -0.3 is 19.5 Å². The van der Waals surface area contributed by atoms with Crippen LogP contribution in [0.5, 0.6) is 0 Å². The number of hydrogen-bond acceptors (Lipinski definition) is 6. The lowest BCUT2D eigenvalue weighted by molar-refractivity contribution is 0.0946. The van der Waals surface area contributed by atoms with Crippen molar-refractivity contribution < 1.29 is 9.21 Å². The second-order valence-corrected chi connectivity index (χ2v) is 7.24. The molecule has 0 unspecified atom stereocenters. The normalized spacial score (nSPS) is 15.3. The maximum Gasteiger partial charge on any atom is 0.273 e. The van der Waals surface area contributed by atoms with Gasteiger partial charge in [-0.15, -0.1) is 0 Å². The Hall–Kier alpha value is -2.38. The summed E-state index contributed by atoms with van der Waals surface area (Å²) in [6.07, 6.45) is 1.45. The minimum atomic E-state index is -0.184. The second kappa shape index (κ2) is 9.01. The largest absolute Gasteiger partial charge is 0.447 e. The van der Waals surface area contributed by atoms with Crippen LogP contribution in [0.3, 0.4) is 0 Å². The van der Waals surface area contributed by atoms with Crippen molar-refractivity contribution in [1.29, 1.82) is 0 Å². The van der Waals surface area contributed by atoms with Crippen molar-refractivity contribution in [2.45, 2.75) is 13.5 Å². The average Bonchev–Trinajstić information content (AvgIpc) is 3.11. The van der Waals surface area contributed by atoms with Crippen LogP contribution in [-0.2, 0) is 6.54 Å². The zero-order valence-electron chi connectivity index (χ0n) is 16.4. The Balaban J connectivity index is 1.48. The number of benzene rings is 1. The maximum absolute atomic E-state index is 12.1. The molecule has 146 valence electrons. The Morgan fingerprint density at radius 1 is 1.22 bits per heavy atom. The molecule has 1 fully saturated rings. The molecule has 1 N–H and O–H groups in total. The lowest BCUT2D eigenvalue weighted by Gasteiger charge is -2.36. The summed E-state index contributed by atoms with van der Waals surface area (Å²) in [6, 6.07) is 8.50. The first-order valence-electron chi connectivity index (χ1n) is 9.43. The zero-order chi connectivity index (χ0) is 19.2. The highest BCUT2D eigenvalue weighted by Gasteiger charge is 2.20. The number of carbonyl (C=O) groups is 1. The number of nitrogens with zero attached hydrogens (tertiary/aromatic N) is 4. The van der Waals surface area contributed by atoms with Gasteiger partial charge in [0, 0.05) is 45.0 Å². The van der Waals surface area contributed by atoms with Gasteiger partial charge in [-0.3, -0.25) is 9.69 Å². The van der Waals surface area contributed by atoms with Crippen LogP contribution < -0.4 is 10.2 Å². The number of rotatable bonds is 7. The van der Waals surface area contributed by atoms with Crippen molar-refractivity contribution in [2.24, 2.45) is 0 Å². The molecule has 2 heterocycles. The van der Waals surface area contributed by atoms with Crippen molar-refractivity contribution in [1.82, 2.24) is 20.1 Å². The summed E-state index contributed by atoms with van der Waals surface area (Å²) in [6.45, 7) is 8.01. The first kappa shape index (κ1) is 19.4. The summed E-state index contributed by atoms with van der Waals surface area (Å²) < 4.78 is 5.51. The maximum atomic E-state index is 12.1. The Labute approximate surface area is 161 Å². The van der Waals surface area contributed by atoms with E-state index in [-0.39, 0.29) is 5.91 Å². The minimum absolute atomic E-state index is 0.184. The molecule has 0 aliphatic carbocycles. The van der Waals surface area contributed by atoms with Gasteiger partial charge in [0.1, 0.15) is 6.26 Å². The molecule has 1 aromatic carbocycles. The Morgan fingerprint density at radius 2 is 1.96 bits per heavy atom. The predicted molar refractivity (Wildman–Crippen MR) is 106 cm³/mol. The van der Waals surface area contributed by atoms with E-state index in [2.05, 4.69) is 51.3 Å². The first-order chi connectivity index (χ1) is 13.0. The smallest absolute Gasteiger partial charge is 0.273 e. The van der Waals surface area contributed by atoms with E-state index in [1.54, 1.807) is 0 Å². The Kier molecular flexibility index (Phi) is 6.47. The number of carbonyl (C=O) groups excluding carboxylic acids is 1. The molecule has 1 saturated heterocycles. The van der Waals surface area contributed by atoms with E-state index < -0.39 is 0 Å². The summed E-state index contributed by atoms with van der Waals surface area (Å²) >= 11 is 0. The fraction of sp³-hybridized carbons (Fsp3) is 0.500. The number of aryl methyl sites for hydroxylation is 1. The van der Waals surface area contributed by atoms with Crippen LogP contribution in [0.1, 0.15) is 21.9 Å². The van der Waals surface area contributed by atoms with E-state index in [9.17, 15) is 4.79 Å². The number of aromatic nitrogens is 1. The number of anilines is 1. The molecule has 1 aromatic heterocycles. The van der Waals surface area contributed by atoms with Gasteiger partial charge >= 0.3 is 0 Å². The molecule has 0 saturated carbocycles. The minimum Gasteiger partial charge on any atom is -0.447 e. The first-order valence-corrected chi connectivity index (χ1v) is 9.43. The molecule has 1 aliphatic heterocycles. The number of amides is 1. The molecule has 0 spiro atoms. The third-order valence-electron chi connectivity index (χ3n) is 4.82. The summed E-state index contributed by atoms with van der Waals surface area (Å²) in [7, 11) is 3.94. The van der Waals surface area contributed by atoms with Crippen LogP contribution in [0, 0.1) is 6.92 Å². The SMILES string of the molecule is Cc1ccccc1N1CCN(Cc2nc(C(=O)NCCN(C)C)co2)CC1. The highest BCUT2D eigenvalue weighted by atomic mass is 16.3. The van der Waals surface area contributed by atoms with E-state index >= 15 is 0 Å². The van der Waals surface area contributed by atoms with Crippen LogP contribution in [0.15, 0.2) is 34.9 Å². The lowest BCUT2D eigenvalue weighted by Crippen LogP contribution is -2.46. The summed E-state index contributed by atoms with van der Waals surface area (Å²) in [4.78, 5) is 23.2. The number of hydrogen-bond donors (Lipinski definition) is 1. The van der Waals surface area contributed by atoms with Crippen molar-refractivity contribution in [3.63, 3.8) is 0 Å². The van der Waals surface area contributed by atoms with Crippen LogP contribution in [0.25, 0.3) is 0 Å². The van der Waals surface area contributed by atoms with Gasteiger partial charge in [-0.25, -0.2) is 4.98 Å². The molecule has 7 nitrogen and oxygen atoms in total. The van der Waals surface area contributed by atoms with E-state index in [4.69, 9.17) is 4.42 Å². The second-order valence-electron chi connectivity index (χ2n) is 7.24. The molecule has 27 heavy (non-hydrogen) atoms. The topological polar surface area (TPSA) is 64.8 Å². The third kappa shape index (κ3) is 5.30. The van der Waals surface area contributed by atoms with Crippen LogP contribution >= 0.6 is 0 Å². The molecular weight excluding hydrogens is 342 g/mol. The van der Waals surface area contributed by atoms with E-state index in [1.807, 2.05) is 19.0 Å². The van der Waals surface area contributed by atoms with E-state index in [0.717, 1.165) is 32.7 Å². The fourth-order valence-corrected chi connectivity index (χ4v) is 3.23. The van der Waals surface area contributed by atoms with Gasteiger partial charge in [0.05, 0.1) is 6.54 Å². The van der Waals surface area contributed by atoms with Gasteiger partial charge in [0.25, 0.3) is 5.91 Å². The predicted octanol–water partition coefficient (Wildman–Crippen LogP) is 1.60. The van der Waals surface area contributed by atoms with Gasteiger partial charge in [-0.05, 0) is 32.6 Å². The van der Waals surface area contributed by atoms with E-state index in [1.165, 1.54) is 17.5 Å². The van der Waals surface area contributed by atoms with Crippen molar-refractivity contribution in [3.05, 3.63) is 47.7 Å². The standard InChI is InChI=1S/C20H29N5O2/c1-16-6-4-5-7-18(16)25-12-10-24(11-13-25)14-19-22-17(15-27-19)20(26)21-8-9-23(2)3/h4-7,15H,8-14H2,1-3H3,(H,21,26). The van der Waals surface area contributed by atoms with Gasteiger partial charge in [0.15, 0.2) is 5.69 Å². The Bertz CT molecular complexity index is 750. The van der Waals surface area contributed by atoms with Gasteiger partial charge in [0.2, 0.25) is 5.89 Å². The molecule has 1 aliphatic rings. The van der Waals surface area contributed by atoms with Crippen LogP contribution in [0.4, 0.5) is 5.69 Å². The monoisotopic (exact) mass is 371 g/mol. The number of piperazine rings is 1. The molecule has 0 bridgehead atoms. The third-order valence-corrected chi connectivity index (χ3v) is 4.82. The van der Waals surface area contributed by atoms with Gasteiger partial charge in [-0.2, -0.15) is 0 Å². The highest BCUT2D eigenvalue weighted by Crippen LogP contribution is 2.21. The molecule has 1 amide bonds.